The predicted molar refractivity (Wildman–Crippen MR) is 75.7 cm³/mol. The van der Waals surface area contributed by atoms with Crippen LogP contribution in [0, 0.1) is 23.5 Å². The highest BCUT2D eigenvalue weighted by Gasteiger charge is 2.47. The number of benzene rings is 1. The summed E-state index contributed by atoms with van der Waals surface area (Å²) in [4.78, 5) is 25.3. The molecule has 0 spiro atoms. The molecule has 1 aliphatic carbocycles. The van der Waals surface area contributed by atoms with E-state index in [1.54, 1.807) is 4.90 Å². The van der Waals surface area contributed by atoms with Gasteiger partial charge in [0.2, 0.25) is 11.8 Å². The number of nitrogens with zero attached hydrogens (tertiary/aromatic N) is 1. The van der Waals surface area contributed by atoms with Gasteiger partial charge in [-0.1, -0.05) is 6.07 Å². The van der Waals surface area contributed by atoms with E-state index >= 15 is 0 Å². The molecule has 6 heteroatoms. The summed E-state index contributed by atoms with van der Waals surface area (Å²) in [6.07, 6.45) is 1.77. The van der Waals surface area contributed by atoms with Crippen LogP contribution in [0.1, 0.15) is 30.7 Å². The Morgan fingerprint density at radius 1 is 1.18 bits per heavy atom. The Morgan fingerprint density at radius 3 is 2.45 bits per heavy atom. The minimum Gasteiger partial charge on any atom is -0.369 e. The van der Waals surface area contributed by atoms with Crippen LogP contribution in [0.25, 0.3) is 0 Å². The molecule has 2 atom stereocenters. The number of carbonyl (C=O) groups excluding carboxylic acids is 2. The van der Waals surface area contributed by atoms with Crippen molar-refractivity contribution in [2.45, 2.75) is 25.2 Å². The zero-order chi connectivity index (χ0) is 15.9. The number of amides is 2. The summed E-state index contributed by atoms with van der Waals surface area (Å²) in [7, 11) is 0. The van der Waals surface area contributed by atoms with Crippen molar-refractivity contribution in [3.05, 3.63) is 35.4 Å². The lowest BCUT2D eigenvalue weighted by Gasteiger charge is -2.30. The van der Waals surface area contributed by atoms with Gasteiger partial charge in [0.05, 0.1) is 0 Å². The first kappa shape index (κ1) is 14.9. The first-order valence-corrected chi connectivity index (χ1v) is 7.50. The topological polar surface area (TPSA) is 63.4 Å². The molecule has 1 aromatic carbocycles. The third kappa shape index (κ3) is 2.82. The molecule has 1 heterocycles. The van der Waals surface area contributed by atoms with Crippen molar-refractivity contribution in [2.24, 2.45) is 17.6 Å². The highest BCUT2D eigenvalue weighted by molar-refractivity contribution is 5.83. The van der Waals surface area contributed by atoms with Crippen LogP contribution >= 0.6 is 0 Å². The molecule has 2 unspecified atom stereocenters. The molecule has 0 radical (unpaired) electrons. The van der Waals surface area contributed by atoms with E-state index in [0.29, 0.717) is 37.9 Å². The molecule has 0 aromatic heterocycles. The number of halogens is 2. The molecule has 0 bridgehead atoms. The number of carbonyl (C=O) groups is 2. The first-order chi connectivity index (χ1) is 10.5. The first-order valence-electron chi connectivity index (χ1n) is 7.50. The summed E-state index contributed by atoms with van der Waals surface area (Å²) in [6.45, 7) is 1.03. The van der Waals surface area contributed by atoms with Crippen LogP contribution in [0.4, 0.5) is 8.78 Å². The number of piperidine rings is 1. The second kappa shape index (κ2) is 5.66. The Balaban J connectivity index is 1.60. The van der Waals surface area contributed by atoms with Gasteiger partial charge in [-0.05, 0) is 36.8 Å². The van der Waals surface area contributed by atoms with Gasteiger partial charge in [0, 0.05) is 31.0 Å². The normalized spacial score (nSPS) is 25.1. The molecule has 2 aliphatic rings. The van der Waals surface area contributed by atoms with Crippen molar-refractivity contribution in [1.82, 2.24) is 4.90 Å². The number of nitrogens with two attached hydrogens (primary N) is 1. The second-order valence-corrected chi connectivity index (χ2v) is 6.12. The Hall–Kier alpha value is -1.98. The van der Waals surface area contributed by atoms with Crippen molar-refractivity contribution in [1.29, 1.82) is 0 Å². The van der Waals surface area contributed by atoms with E-state index in [0.717, 1.165) is 6.07 Å². The Labute approximate surface area is 127 Å². The molecule has 1 saturated carbocycles. The van der Waals surface area contributed by atoms with Gasteiger partial charge in [0.1, 0.15) is 11.6 Å². The van der Waals surface area contributed by atoms with E-state index in [-0.39, 0.29) is 29.6 Å². The van der Waals surface area contributed by atoms with Gasteiger partial charge >= 0.3 is 0 Å². The van der Waals surface area contributed by atoms with E-state index in [9.17, 15) is 18.4 Å². The number of likely N-dealkylation sites (tertiary alicyclic amines) is 1. The van der Waals surface area contributed by atoms with Crippen LogP contribution in [0.3, 0.4) is 0 Å². The Bertz CT molecular complexity index is 612. The molecule has 22 heavy (non-hydrogen) atoms. The van der Waals surface area contributed by atoms with Gasteiger partial charge in [0.15, 0.2) is 0 Å². The lowest BCUT2D eigenvalue weighted by atomic mass is 9.96. The molecule has 1 saturated heterocycles. The molecule has 3 rings (SSSR count). The number of primary amides is 1. The maximum Gasteiger partial charge on any atom is 0.226 e. The molecule has 2 N–H and O–H groups in total. The fourth-order valence-corrected chi connectivity index (χ4v) is 3.23. The summed E-state index contributed by atoms with van der Waals surface area (Å²) in [5, 5.41) is 0. The zero-order valence-electron chi connectivity index (χ0n) is 12.1. The van der Waals surface area contributed by atoms with Crippen LogP contribution in [0.2, 0.25) is 0 Å². The highest BCUT2D eigenvalue weighted by atomic mass is 19.1. The van der Waals surface area contributed by atoms with Crippen molar-refractivity contribution in [3.63, 3.8) is 0 Å². The van der Waals surface area contributed by atoms with E-state index in [1.165, 1.54) is 12.1 Å². The van der Waals surface area contributed by atoms with E-state index in [2.05, 4.69) is 0 Å². The average molecular weight is 308 g/mol. The smallest absolute Gasteiger partial charge is 0.226 e. The minimum absolute atomic E-state index is 0.00311. The average Bonchev–Trinajstić information content (AvgIpc) is 3.27. The molecule has 2 fully saturated rings. The van der Waals surface area contributed by atoms with Crippen molar-refractivity contribution in [2.75, 3.05) is 13.1 Å². The molecular weight excluding hydrogens is 290 g/mol. The lowest BCUT2D eigenvalue weighted by Crippen LogP contribution is -2.42. The van der Waals surface area contributed by atoms with E-state index < -0.39 is 11.6 Å². The lowest BCUT2D eigenvalue weighted by molar-refractivity contribution is -0.136. The second-order valence-electron chi connectivity index (χ2n) is 6.12. The summed E-state index contributed by atoms with van der Waals surface area (Å²) in [5.74, 6) is -2.08. The fraction of sp³-hybridized carbons (Fsp3) is 0.500. The summed E-state index contributed by atoms with van der Waals surface area (Å²) < 4.78 is 26.7. The molecule has 1 aromatic rings. The molecule has 4 nitrogen and oxygen atoms in total. The molecule has 2 amide bonds. The number of rotatable bonds is 3. The minimum atomic E-state index is -0.613. The van der Waals surface area contributed by atoms with Crippen molar-refractivity contribution in [3.8, 4) is 0 Å². The summed E-state index contributed by atoms with van der Waals surface area (Å²) in [5.41, 5.74) is 5.68. The van der Waals surface area contributed by atoms with Gasteiger partial charge < -0.3 is 10.6 Å². The molecule has 118 valence electrons. The Kier molecular flexibility index (Phi) is 3.85. The van der Waals surface area contributed by atoms with Crippen LogP contribution in [0.5, 0.6) is 0 Å². The van der Waals surface area contributed by atoms with Crippen LogP contribution in [-0.2, 0) is 9.59 Å². The molecular formula is C16H18F2N2O2. The SMILES string of the molecule is NC(=O)C1CCN(C(=O)C2CC2c2ccc(F)cc2F)CC1. The monoisotopic (exact) mass is 308 g/mol. The molecule has 1 aliphatic heterocycles. The van der Waals surface area contributed by atoms with Gasteiger partial charge in [-0.25, -0.2) is 8.78 Å². The number of hydrogen-bond acceptors (Lipinski definition) is 2. The van der Waals surface area contributed by atoms with Gasteiger partial charge in [-0.3, -0.25) is 9.59 Å². The Morgan fingerprint density at radius 2 is 1.86 bits per heavy atom. The van der Waals surface area contributed by atoms with Crippen molar-refractivity contribution < 1.29 is 18.4 Å². The summed E-state index contributed by atoms with van der Waals surface area (Å²) >= 11 is 0. The highest BCUT2D eigenvalue weighted by Crippen LogP contribution is 2.49. The largest absolute Gasteiger partial charge is 0.369 e. The quantitative estimate of drug-likeness (QED) is 0.925. The van der Waals surface area contributed by atoms with Crippen LogP contribution in [-0.4, -0.2) is 29.8 Å². The van der Waals surface area contributed by atoms with Gasteiger partial charge in [-0.15, -0.1) is 0 Å². The van der Waals surface area contributed by atoms with Crippen molar-refractivity contribution >= 4 is 11.8 Å². The predicted octanol–water partition coefficient (Wildman–Crippen LogP) is 1.79. The fourth-order valence-electron chi connectivity index (χ4n) is 3.23. The zero-order valence-corrected chi connectivity index (χ0v) is 12.1. The third-order valence-electron chi connectivity index (χ3n) is 4.68. The van der Waals surface area contributed by atoms with Crippen LogP contribution in [0.15, 0.2) is 18.2 Å². The standard InChI is InChI=1S/C16H18F2N2O2/c17-10-1-2-11(14(18)7-10)12-8-13(12)16(22)20-5-3-9(4-6-20)15(19)21/h1-2,7,9,12-13H,3-6,8H2,(H2,19,21). The van der Waals surface area contributed by atoms with Gasteiger partial charge in [0.25, 0.3) is 0 Å². The van der Waals surface area contributed by atoms with E-state index in [4.69, 9.17) is 5.73 Å². The van der Waals surface area contributed by atoms with Gasteiger partial charge in [-0.2, -0.15) is 0 Å². The maximum atomic E-state index is 13.7. The van der Waals surface area contributed by atoms with E-state index in [1.807, 2.05) is 0 Å². The number of hydrogen-bond donors (Lipinski definition) is 1. The maximum absolute atomic E-state index is 13.7. The summed E-state index contributed by atoms with van der Waals surface area (Å²) in [6, 6.07) is 3.49. The van der Waals surface area contributed by atoms with Crippen LogP contribution < -0.4 is 5.73 Å². The third-order valence-corrected chi connectivity index (χ3v) is 4.68.